The number of carbonyl (C=O) groups excluding carboxylic acids is 1. The third kappa shape index (κ3) is 3.60. The molecule has 0 bridgehead atoms. The minimum absolute atomic E-state index is 0.297. The van der Waals surface area contributed by atoms with Crippen LogP contribution >= 0.6 is 0 Å². The summed E-state index contributed by atoms with van der Waals surface area (Å²) in [6.45, 7) is 10.2. The van der Waals surface area contributed by atoms with E-state index in [1.165, 1.54) is 13.0 Å². The Kier molecular flexibility index (Phi) is 4.78. The van der Waals surface area contributed by atoms with Gasteiger partial charge in [0.15, 0.2) is 0 Å². The predicted octanol–water partition coefficient (Wildman–Crippen LogP) is 2.72. The molecule has 0 radical (unpaired) electrons. The summed E-state index contributed by atoms with van der Waals surface area (Å²) in [5.74, 6) is 1.07. The maximum absolute atomic E-state index is 10.8. The molecule has 0 aliphatic carbocycles. The first-order valence-electron chi connectivity index (χ1n) is 6.25. The van der Waals surface area contributed by atoms with Gasteiger partial charge in [0, 0.05) is 18.0 Å². The molecule has 0 aromatic carbocycles. The van der Waals surface area contributed by atoms with E-state index in [2.05, 4.69) is 32.6 Å². The SMILES string of the molecule is CC(C)CCN1[C@H](C)CC(C=O)C[C@@H]1C. The molecule has 1 fully saturated rings. The van der Waals surface area contributed by atoms with Gasteiger partial charge in [-0.1, -0.05) is 13.8 Å². The molecule has 1 aliphatic heterocycles. The third-order valence-corrected chi connectivity index (χ3v) is 3.58. The fraction of sp³-hybridized carbons (Fsp3) is 0.923. The lowest BCUT2D eigenvalue weighted by Gasteiger charge is -2.41. The fourth-order valence-corrected chi connectivity index (χ4v) is 2.64. The van der Waals surface area contributed by atoms with Gasteiger partial charge in [-0.2, -0.15) is 0 Å². The molecule has 1 heterocycles. The lowest BCUT2D eigenvalue weighted by atomic mass is 9.88. The van der Waals surface area contributed by atoms with Crippen LogP contribution in [-0.4, -0.2) is 29.8 Å². The van der Waals surface area contributed by atoms with Crippen molar-refractivity contribution in [1.29, 1.82) is 0 Å². The van der Waals surface area contributed by atoms with Crippen molar-refractivity contribution in [2.24, 2.45) is 11.8 Å². The summed E-state index contributed by atoms with van der Waals surface area (Å²) in [6, 6.07) is 1.14. The molecule has 0 aromatic heterocycles. The lowest BCUT2D eigenvalue weighted by molar-refractivity contribution is -0.113. The second kappa shape index (κ2) is 5.64. The molecule has 3 atom stereocenters. The second-order valence-electron chi connectivity index (χ2n) is 5.49. The molecule has 1 unspecified atom stereocenters. The Morgan fingerprint density at radius 3 is 2.20 bits per heavy atom. The van der Waals surface area contributed by atoms with E-state index in [9.17, 15) is 4.79 Å². The van der Waals surface area contributed by atoms with Gasteiger partial charge in [-0.25, -0.2) is 0 Å². The summed E-state index contributed by atoms with van der Waals surface area (Å²) in [5.41, 5.74) is 0. The molecule has 2 heteroatoms. The van der Waals surface area contributed by atoms with E-state index in [0.717, 1.165) is 25.0 Å². The minimum atomic E-state index is 0.297. The zero-order valence-electron chi connectivity index (χ0n) is 10.6. The standard InChI is InChI=1S/C13H25NO/c1-10(2)5-6-14-11(3)7-13(9-15)8-12(14)4/h9-13H,5-8H2,1-4H3/t11-,12+,13?. The van der Waals surface area contributed by atoms with Crippen LogP contribution in [0.1, 0.15) is 47.0 Å². The van der Waals surface area contributed by atoms with Crippen molar-refractivity contribution in [3.8, 4) is 0 Å². The molecule has 1 aliphatic rings. The van der Waals surface area contributed by atoms with Gasteiger partial charge in [-0.15, -0.1) is 0 Å². The van der Waals surface area contributed by atoms with Crippen LogP contribution in [0, 0.1) is 11.8 Å². The Morgan fingerprint density at radius 1 is 1.27 bits per heavy atom. The minimum Gasteiger partial charge on any atom is -0.303 e. The zero-order valence-corrected chi connectivity index (χ0v) is 10.6. The molecular weight excluding hydrogens is 186 g/mol. The monoisotopic (exact) mass is 211 g/mol. The van der Waals surface area contributed by atoms with Gasteiger partial charge >= 0.3 is 0 Å². The van der Waals surface area contributed by atoms with Crippen LogP contribution in [0.5, 0.6) is 0 Å². The average Bonchev–Trinajstić information content (AvgIpc) is 2.15. The molecule has 0 saturated carbocycles. The highest BCUT2D eigenvalue weighted by Gasteiger charge is 2.30. The van der Waals surface area contributed by atoms with Crippen LogP contribution in [0.2, 0.25) is 0 Å². The zero-order chi connectivity index (χ0) is 11.4. The average molecular weight is 211 g/mol. The van der Waals surface area contributed by atoms with Crippen LogP contribution in [-0.2, 0) is 4.79 Å². The van der Waals surface area contributed by atoms with Crippen molar-refractivity contribution in [1.82, 2.24) is 4.90 Å². The molecule has 0 N–H and O–H groups in total. The van der Waals surface area contributed by atoms with Crippen molar-refractivity contribution in [2.75, 3.05) is 6.54 Å². The number of carbonyl (C=O) groups is 1. The Balaban J connectivity index is 2.46. The lowest BCUT2D eigenvalue weighted by Crippen LogP contribution is -2.47. The Bertz CT molecular complexity index is 191. The summed E-state index contributed by atoms with van der Waals surface area (Å²) in [7, 11) is 0. The molecule has 0 amide bonds. The largest absolute Gasteiger partial charge is 0.303 e. The van der Waals surface area contributed by atoms with Gasteiger partial charge < -0.3 is 4.79 Å². The topological polar surface area (TPSA) is 20.3 Å². The number of nitrogens with zero attached hydrogens (tertiary/aromatic N) is 1. The summed E-state index contributed by atoms with van der Waals surface area (Å²) in [4.78, 5) is 13.4. The maximum Gasteiger partial charge on any atom is 0.123 e. The molecule has 0 spiro atoms. The van der Waals surface area contributed by atoms with Crippen molar-refractivity contribution < 1.29 is 4.79 Å². The summed E-state index contributed by atoms with van der Waals surface area (Å²) in [5, 5.41) is 0. The molecule has 1 saturated heterocycles. The van der Waals surface area contributed by atoms with Crippen LogP contribution < -0.4 is 0 Å². The van der Waals surface area contributed by atoms with Gasteiger partial charge in [-0.05, 0) is 45.6 Å². The van der Waals surface area contributed by atoms with Gasteiger partial charge in [-0.3, -0.25) is 4.90 Å². The Morgan fingerprint density at radius 2 is 1.80 bits per heavy atom. The molecule has 0 aromatic rings. The normalized spacial score (nSPS) is 33.3. The third-order valence-electron chi connectivity index (χ3n) is 3.58. The van der Waals surface area contributed by atoms with Crippen molar-refractivity contribution in [3.05, 3.63) is 0 Å². The Labute approximate surface area is 94.0 Å². The maximum atomic E-state index is 10.8. The van der Waals surface area contributed by atoms with Crippen LogP contribution in [0.4, 0.5) is 0 Å². The quantitative estimate of drug-likeness (QED) is 0.666. The highest BCUT2D eigenvalue weighted by atomic mass is 16.1. The highest BCUT2D eigenvalue weighted by molar-refractivity contribution is 5.53. The number of likely N-dealkylation sites (tertiary alicyclic amines) is 1. The van der Waals surface area contributed by atoms with Gasteiger partial charge in [0.05, 0.1) is 0 Å². The first-order chi connectivity index (χ1) is 7.04. The van der Waals surface area contributed by atoms with Crippen LogP contribution in [0.3, 0.4) is 0 Å². The van der Waals surface area contributed by atoms with Gasteiger partial charge in [0.1, 0.15) is 6.29 Å². The number of rotatable bonds is 4. The second-order valence-corrected chi connectivity index (χ2v) is 5.49. The Hall–Kier alpha value is -0.370. The molecule has 1 rings (SSSR count). The number of hydrogen-bond donors (Lipinski definition) is 0. The van der Waals surface area contributed by atoms with E-state index in [1.54, 1.807) is 0 Å². The highest BCUT2D eigenvalue weighted by Crippen LogP contribution is 2.26. The number of hydrogen-bond acceptors (Lipinski definition) is 2. The summed E-state index contributed by atoms with van der Waals surface area (Å²) in [6.07, 6.45) is 4.51. The molecule has 88 valence electrons. The first-order valence-corrected chi connectivity index (χ1v) is 6.25. The van der Waals surface area contributed by atoms with Gasteiger partial charge in [0.25, 0.3) is 0 Å². The predicted molar refractivity (Wildman–Crippen MR) is 63.9 cm³/mol. The first kappa shape index (κ1) is 12.7. The van der Waals surface area contributed by atoms with E-state index in [1.807, 2.05) is 0 Å². The fourth-order valence-electron chi connectivity index (χ4n) is 2.64. The van der Waals surface area contributed by atoms with Crippen molar-refractivity contribution in [2.45, 2.75) is 59.0 Å². The molecular formula is C13H25NO. The van der Waals surface area contributed by atoms with Crippen LogP contribution in [0.25, 0.3) is 0 Å². The van der Waals surface area contributed by atoms with E-state index in [0.29, 0.717) is 18.0 Å². The van der Waals surface area contributed by atoms with E-state index >= 15 is 0 Å². The van der Waals surface area contributed by atoms with E-state index in [-0.39, 0.29) is 0 Å². The van der Waals surface area contributed by atoms with Crippen LogP contribution in [0.15, 0.2) is 0 Å². The summed E-state index contributed by atoms with van der Waals surface area (Å²) < 4.78 is 0. The number of aldehydes is 1. The molecule has 15 heavy (non-hydrogen) atoms. The number of piperidine rings is 1. The summed E-state index contributed by atoms with van der Waals surface area (Å²) >= 11 is 0. The van der Waals surface area contributed by atoms with E-state index in [4.69, 9.17) is 0 Å². The van der Waals surface area contributed by atoms with Crippen molar-refractivity contribution in [3.63, 3.8) is 0 Å². The van der Waals surface area contributed by atoms with E-state index < -0.39 is 0 Å². The van der Waals surface area contributed by atoms with Crippen molar-refractivity contribution >= 4 is 6.29 Å². The van der Waals surface area contributed by atoms with Gasteiger partial charge in [0.2, 0.25) is 0 Å². The smallest absolute Gasteiger partial charge is 0.123 e. The molecule has 2 nitrogen and oxygen atoms in total.